The van der Waals surface area contributed by atoms with Crippen LogP contribution in [0, 0.1) is 0 Å². The van der Waals surface area contributed by atoms with Crippen LogP contribution in [0.3, 0.4) is 0 Å². The van der Waals surface area contributed by atoms with Crippen molar-refractivity contribution >= 4 is 23.4 Å². The van der Waals surface area contributed by atoms with Crippen LogP contribution in [0.5, 0.6) is 5.75 Å². The van der Waals surface area contributed by atoms with Crippen molar-refractivity contribution in [2.45, 2.75) is 43.2 Å². The van der Waals surface area contributed by atoms with Crippen molar-refractivity contribution in [1.82, 2.24) is 15.2 Å². The average Bonchev–Trinajstić information content (AvgIpc) is 3.26. The molecule has 1 amide bonds. The Kier molecular flexibility index (Phi) is 5.74. The first-order valence-electron chi connectivity index (χ1n) is 8.24. The quantitative estimate of drug-likeness (QED) is 0.749. The summed E-state index contributed by atoms with van der Waals surface area (Å²) in [6.45, 7) is 0. The third-order valence-corrected chi connectivity index (χ3v) is 5.01. The molecule has 6 nitrogen and oxygen atoms in total. The second-order valence-electron chi connectivity index (χ2n) is 5.83. The first-order chi connectivity index (χ1) is 11.8. The van der Waals surface area contributed by atoms with Crippen LogP contribution in [0.15, 0.2) is 29.4 Å². The summed E-state index contributed by atoms with van der Waals surface area (Å²) in [6, 6.07) is 7.39. The van der Waals surface area contributed by atoms with Crippen LogP contribution < -0.4 is 10.1 Å². The van der Waals surface area contributed by atoms with Crippen LogP contribution >= 0.6 is 11.8 Å². The maximum Gasteiger partial charge on any atom is 0.225 e. The number of anilines is 1. The lowest BCUT2D eigenvalue weighted by atomic mass is 10.1. The fraction of sp³-hybridized carbons (Fsp3) is 0.471. The molecule has 3 rings (SSSR count). The summed E-state index contributed by atoms with van der Waals surface area (Å²) in [5.74, 6) is 2.78. The van der Waals surface area contributed by atoms with E-state index in [4.69, 9.17) is 4.74 Å². The Labute approximate surface area is 145 Å². The number of nitrogens with zero attached hydrogens (tertiary/aromatic N) is 2. The molecule has 0 radical (unpaired) electrons. The number of methoxy groups -OCH3 is 1. The highest BCUT2D eigenvalue weighted by Crippen LogP contribution is 2.32. The Morgan fingerprint density at radius 1 is 1.38 bits per heavy atom. The van der Waals surface area contributed by atoms with Gasteiger partial charge < -0.3 is 10.1 Å². The number of nitrogens with one attached hydrogen (secondary N) is 2. The zero-order valence-corrected chi connectivity index (χ0v) is 14.6. The zero-order chi connectivity index (χ0) is 16.8. The number of rotatable bonds is 7. The van der Waals surface area contributed by atoms with Gasteiger partial charge in [-0.25, -0.2) is 4.98 Å². The zero-order valence-electron chi connectivity index (χ0n) is 13.7. The Bertz CT molecular complexity index is 683. The molecule has 1 aliphatic carbocycles. The van der Waals surface area contributed by atoms with Crippen molar-refractivity contribution in [2.24, 2.45) is 0 Å². The second kappa shape index (κ2) is 8.19. The predicted octanol–water partition coefficient (Wildman–Crippen LogP) is 3.59. The minimum absolute atomic E-state index is 0.0430. The molecule has 2 N–H and O–H groups in total. The van der Waals surface area contributed by atoms with Gasteiger partial charge in [-0.1, -0.05) is 36.7 Å². The number of amides is 1. The Morgan fingerprint density at radius 3 is 2.96 bits per heavy atom. The summed E-state index contributed by atoms with van der Waals surface area (Å²) < 4.78 is 5.23. The minimum Gasteiger partial charge on any atom is -0.495 e. The van der Waals surface area contributed by atoms with Crippen molar-refractivity contribution in [2.75, 3.05) is 18.2 Å². The summed E-state index contributed by atoms with van der Waals surface area (Å²) in [5.41, 5.74) is 0.691. The molecule has 1 heterocycles. The van der Waals surface area contributed by atoms with E-state index in [9.17, 15) is 4.79 Å². The van der Waals surface area contributed by atoms with Gasteiger partial charge in [0.05, 0.1) is 12.8 Å². The Morgan fingerprint density at radius 2 is 2.17 bits per heavy atom. The Balaban J connectivity index is 1.45. The molecule has 7 heteroatoms. The van der Waals surface area contributed by atoms with E-state index in [1.54, 1.807) is 7.11 Å². The standard InChI is InChI=1S/C17H22N4O2S/c1-23-14-9-5-4-8-13(14)18-15(22)10-11-24-17-19-16(20-21-17)12-6-2-3-7-12/h4-5,8-9,12H,2-3,6-7,10-11H2,1H3,(H,18,22)(H,19,20,21). The smallest absolute Gasteiger partial charge is 0.225 e. The molecule has 128 valence electrons. The van der Waals surface area contributed by atoms with Gasteiger partial charge >= 0.3 is 0 Å². The molecule has 0 bridgehead atoms. The number of H-pyrrole nitrogens is 1. The van der Waals surface area contributed by atoms with Gasteiger partial charge in [0.1, 0.15) is 11.6 Å². The van der Waals surface area contributed by atoms with Gasteiger partial charge in [0.2, 0.25) is 11.1 Å². The third kappa shape index (κ3) is 4.29. The number of hydrogen-bond acceptors (Lipinski definition) is 5. The lowest BCUT2D eigenvalue weighted by Crippen LogP contribution is -2.12. The molecule has 24 heavy (non-hydrogen) atoms. The highest BCUT2D eigenvalue weighted by molar-refractivity contribution is 7.99. The minimum atomic E-state index is -0.0430. The summed E-state index contributed by atoms with van der Waals surface area (Å²) in [7, 11) is 1.59. The van der Waals surface area contributed by atoms with Gasteiger partial charge in [-0.05, 0) is 25.0 Å². The molecule has 1 aromatic carbocycles. The highest BCUT2D eigenvalue weighted by Gasteiger charge is 2.20. The molecule has 1 fully saturated rings. The first-order valence-corrected chi connectivity index (χ1v) is 9.23. The molecule has 1 aromatic heterocycles. The number of benzene rings is 1. The van der Waals surface area contributed by atoms with E-state index in [1.807, 2.05) is 24.3 Å². The number of aromatic amines is 1. The summed E-state index contributed by atoms with van der Waals surface area (Å²) in [5, 5.41) is 10.9. The van der Waals surface area contributed by atoms with Crippen molar-refractivity contribution in [3.05, 3.63) is 30.1 Å². The third-order valence-electron chi connectivity index (χ3n) is 4.17. The van der Waals surface area contributed by atoms with Gasteiger partial charge in [0, 0.05) is 18.1 Å². The van der Waals surface area contributed by atoms with E-state index in [0.29, 0.717) is 29.5 Å². The maximum atomic E-state index is 12.1. The fourth-order valence-electron chi connectivity index (χ4n) is 2.90. The molecule has 0 atom stereocenters. The van der Waals surface area contributed by atoms with Crippen LogP contribution in [0.1, 0.15) is 43.8 Å². The molecular weight excluding hydrogens is 324 g/mol. The van der Waals surface area contributed by atoms with Gasteiger partial charge in [0.15, 0.2) is 0 Å². The molecule has 0 unspecified atom stereocenters. The molecular formula is C17H22N4O2S. The topological polar surface area (TPSA) is 79.9 Å². The van der Waals surface area contributed by atoms with Crippen molar-refractivity contribution in [3.63, 3.8) is 0 Å². The van der Waals surface area contributed by atoms with Gasteiger partial charge in [0.25, 0.3) is 0 Å². The molecule has 2 aromatic rings. The van der Waals surface area contributed by atoms with E-state index in [2.05, 4.69) is 20.5 Å². The van der Waals surface area contributed by atoms with Crippen LogP contribution in [0.25, 0.3) is 0 Å². The fourth-order valence-corrected chi connectivity index (χ4v) is 3.64. The predicted molar refractivity (Wildman–Crippen MR) is 94.6 cm³/mol. The molecule has 0 saturated heterocycles. The SMILES string of the molecule is COc1ccccc1NC(=O)CCSc1n[nH]c(C2CCCC2)n1. The normalized spacial score (nSPS) is 14.7. The number of ether oxygens (including phenoxy) is 1. The lowest BCUT2D eigenvalue weighted by Gasteiger charge is -2.09. The van der Waals surface area contributed by atoms with E-state index < -0.39 is 0 Å². The lowest BCUT2D eigenvalue weighted by molar-refractivity contribution is -0.115. The number of thioether (sulfide) groups is 1. The van der Waals surface area contributed by atoms with Crippen LogP contribution in [0.4, 0.5) is 5.69 Å². The summed E-state index contributed by atoms with van der Waals surface area (Å²) in [6.07, 6.45) is 5.34. The Hall–Kier alpha value is -2.02. The monoisotopic (exact) mass is 346 g/mol. The number of carbonyl (C=O) groups is 1. The van der Waals surface area contributed by atoms with Gasteiger partial charge in [-0.15, -0.1) is 5.10 Å². The summed E-state index contributed by atoms with van der Waals surface area (Å²) in [4.78, 5) is 16.6. The number of hydrogen-bond donors (Lipinski definition) is 2. The van der Waals surface area contributed by atoms with Crippen molar-refractivity contribution in [1.29, 1.82) is 0 Å². The van der Waals surface area contributed by atoms with Crippen molar-refractivity contribution in [3.8, 4) is 5.75 Å². The van der Waals surface area contributed by atoms with E-state index in [0.717, 1.165) is 11.0 Å². The molecule has 0 spiro atoms. The van der Waals surface area contributed by atoms with Gasteiger partial charge in [-0.2, -0.15) is 0 Å². The van der Waals surface area contributed by atoms with Crippen LogP contribution in [0.2, 0.25) is 0 Å². The number of para-hydroxylation sites is 2. The average molecular weight is 346 g/mol. The maximum absolute atomic E-state index is 12.1. The van der Waals surface area contributed by atoms with Crippen LogP contribution in [-0.4, -0.2) is 34.0 Å². The van der Waals surface area contributed by atoms with Crippen molar-refractivity contribution < 1.29 is 9.53 Å². The highest BCUT2D eigenvalue weighted by atomic mass is 32.2. The molecule has 1 aliphatic rings. The first kappa shape index (κ1) is 16.8. The van der Waals surface area contributed by atoms with Crippen LogP contribution in [-0.2, 0) is 4.79 Å². The number of aromatic nitrogens is 3. The van der Waals surface area contributed by atoms with E-state index in [1.165, 1.54) is 37.4 Å². The molecule has 1 saturated carbocycles. The summed E-state index contributed by atoms with van der Waals surface area (Å²) >= 11 is 1.50. The second-order valence-corrected chi connectivity index (χ2v) is 6.89. The largest absolute Gasteiger partial charge is 0.495 e. The van der Waals surface area contributed by atoms with Gasteiger partial charge in [-0.3, -0.25) is 9.89 Å². The van der Waals surface area contributed by atoms with E-state index in [-0.39, 0.29) is 5.91 Å². The van der Waals surface area contributed by atoms with E-state index >= 15 is 0 Å². The molecule has 0 aliphatic heterocycles. The number of carbonyl (C=O) groups excluding carboxylic acids is 1.